The van der Waals surface area contributed by atoms with Crippen molar-refractivity contribution in [2.75, 3.05) is 19.8 Å². The van der Waals surface area contributed by atoms with Crippen LogP contribution < -0.4 is 0 Å². The van der Waals surface area contributed by atoms with Crippen molar-refractivity contribution in [3.63, 3.8) is 0 Å². The highest BCUT2D eigenvalue weighted by atomic mass is 35.5. The van der Waals surface area contributed by atoms with Gasteiger partial charge in [0, 0.05) is 10.4 Å². The Morgan fingerprint density at radius 3 is 2.36 bits per heavy atom. The molecule has 1 heterocycles. The Morgan fingerprint density at radius 2 is 1.93 bits per heavy atom. The van der Waals surface area contributed by atoms with Crippen LogP contribution in [0.1, 0.15) is 5.56 Å². The number of aliphatic hydroxyl groups excluding tert-OH is 1. The molecule has 0 spiro atoms. The number of halogens is 1. The Labute approximate surface area is 88.5 Å². The van der Waals surface area contributed by atoms with Crippen LogP contribution in [0.3, 0.4) is 0 Å². The fraction of sp³-hybridized carbons (Fsp3) is 0.455. The van der Waals surface area contributed by atoms with Crippen molar-refractivity contribution in [3.05, 3.63) is 34.9 Å². The standard InChI is InChI=1S/C11H13ClO2/c12-10-3-1-9(2-4-10)5-11(6-13)7-14-8-11/h1-4,13H,5-8H2. The first-order chi connectivity index (χ1) is 6.74. The van der Waals surface area contributed by atoms with Crippen LogP contribution in [0.15, 0.2) is 24.3 Å². The Morgan fingerprint density at radius 1 is 1.29 bits per heavy atom. The molecule has 1 fully saturated rings. The van der Waals surface area contributed by atoms with E-state index in [-0.39, 0.29) is 12.0 Å². The molecule has 1 aromatic rings. The molecule has 0 atom stereocenters. The average molecular weight is 213 g/mol. The highest BCUT2D eigenvalue weighted by Crippen LogP contribution is 2.31. The number of benzene rings is 1. The fourth-order valence-electron chi connectivity index (χ4n) is 1.68. The van der Waals surface area contributed by atoms with Gasteiger partial charge in [-0.15, -0.1) is 0 Å². The van der Waals surface area contributed by atoms with Crippen LogP contribution in [-0.2, 0) is 11.2 Å². The van der Waals surface area contributed by atoms with Crippen molar-refractivity contribution in [2.45, 2.75) is 6.42 Å². The maximum absolute atomic E-state index is 9.25. The first-order valence-corrected chi connectivity index (χ1v) is 5.05. The molecular formula is C11H13ClO2. The molecule has 1 aliphatic heterocycles. The number of aliphatic hydroxyl groups is 1. The lowest BCUT2D eigenvalue weighted by Crippen LogP contribution is -2.47. The van der Waals surface area contributed by atoms with Crippen LogP contribution in [0.25, 0.3) is 0 Å². The molecule has 0 saturated carbocycles. The molecule has 2 nitrogen and oxygen atoms in total. The third-order valence-electron chi connectivity index (χ3n) is 2.64. The van der Waals surface area contributed by atoms with Crippen LogP contribution in [-0.4, -0.2) is 24.9 Å². The highest BCUT2D eigenvalue weighted by molar-refractivity contribution is 6.30. The third kappa shape index (κ3) is 1.92. The number of hydrogen-bond acceptors (Lipinski definition) is 2. The smallest absolute Gasteiger partial charge is 0.0570 e. The third-order valence-corrected chi connectivity index (χ3v) is 2.90. The van der Waals surface area contributed by atoms with Crippen molar-refractivity contribution in [1.82, 2.24) is 0 Å². The summed E-state index contributed by atoms with van der Waals surface area (Å²) < 4.78 is 5.14. The Bertz CT molecular complexity index is 298. The van der Waals surface area contributed by atoms with Crippen LogP contribution >= 0.6 is 11.6 Å². The quantitative estimate of drug-likeness (QED) is 0.829. The van der Waals surface area contributed by atoms with Crippen molar-refractivity contribution in [3.8, 4) is 0 Å². The van der Waals surface area contributed by atoms with E-state index in [1.165, 1.54) is 5.56 Å². The van der Waals surface area contributed by atoms with Crippen molar-refractivity contribution in [1.29, 1.82) is 0 Å². The van der Waals surface area contributed by atoms with E-state index < -0.39 is 0 Å². The lowest BCUT2D eigenvalue weighted by atomic mass is 9.81. The second-order valence-electron chi connectivity index (χ2n) is 3.95. The molecule has 0 radical (unpaired) electrons. The van der Waals surface area contributed by atoms with E-state index in [0.717, 1.165) is 11.4 Å². The molecule has 0 unspecified atom stereocenters. The Kier molecular flexibility index (Phi) is 2.77. The van der Waals surface area contributed by atoms with E-state index in [0.29, 0.717) is 13.2 Å². The molecule has 0 aromatic heterocycles. The molecule has 1 aromatic carbocycles. The summed E-state index contributed by atoms with van der Waals surface area (Å²) in [6, 6.07) is 7.75. The van der Waals surface area contributed by atoms with Crippen LogP contribution in [0, 0.1) is 5.41 Å². The van der Waals surface area contributed by atoms with Gasteiger partial charge < -0.3 is 9.84 Å². The minimum absolute atomic E-state index is 0.0478. The molecule has 1 aliphatic rings. The van der Waals surface area contributed by atoms with Crippen molar-refractivity contribution < 1.29 is 9.84 Å². The monoisotopic (exact) mass is 212 g/mol. The van der Waals surface area contributed by atoms with Gasteiger partial charge in [0.1, 0.15) is 0 Å². The minimum Gasteiger partial charge on any atom is -0.396 e. The molecule has 2 rings (SSSR count). The predicted molar refractivity (Wildman–Crippen MR) is 55.5 cm³/mol. The van der Waals surface area contributed by atoms with Gasteiger partial charge >= 0.3 is 0 Å². The van der Waals surface area contributed by atoms with Crippen molar-refractivity contribution in [2.24, 2.45) is 5.41 Å². The molecule has 1 saturated heterocycles. The van der Waals surface area contributed by atoms with E-state index in [1.807, 2.05) is 24.3 Å². The molecule has 0 amide bonds. The van der Waals surface area contributed by atoms with Gasteiger partial charge in [0.25, 0.3) is 0 Å². The van der Waals surface area contributed by atoms with E-state index in [4.69, 9.17) is 16.3 Å². The molecule has 0 bridgehead atoms. The lowest BCUT2D eigenvalue weighted by Gasteiger charge is -2.40. The summed E-state index contributed by atoms with van der Waals surface area (Å²) in [5, 5.41) is 9.99. The van der Waals surface area contributed by atoms with E-state index in [2.05, 4.69) is 0 Å². The molecular weight excluding hydrogens is 200 g/mol. The first kappa shape index (κ1) is 9.97. The highest BCUT2D eigenvalue weighted by Gasteiger charge is 2.37. The van der Waals surface area contributed by atoms with E-state index >= 15 is 0 Å². The molecule has 3 heteroatoms. The Hall–Kier alpha value is -0.570. The molecule has 0 aliphatic carbocycles. The predicted octanol–water partition coefficient (Wildman–Crippen LogP) is 1.89. The second kappa shape index (κ2) is 3.89. The summed E-state index contributed by atoms with van der Waals surface area (Å²) in [5.41, 5.74) is 1.15. The zero-order valence-electron chi connectivity index (χ0n) is 7.87. The van der Waals surface area contributed by atoms with Crippen LogP contribution in [0.4, 0.5) is 0 Å². The average Bonchev–Trinajstić information content (AvgIpc) is 2.15. The molecule has 76 valence electrons. The summed E-state index contributed by atoms with van der Waals surface area (Å²) >= 11 is 5.79. The van der Waals surface area contributed by atoms with Gasteiger partial charge in [0.2, 0.25) is 0 Å². The second-order valence-corrected chi connectivity index (χ2v) is 4.39. The minimum atomic E-state index is -0.0478. The van der Waals surface area contributed by atoms with E-state index in [1.54, 1.807) is 0 Å². The van der Waals surface area contributed by atoms with Gasteiger partial charge in [-0.3, -0.25) is 0 Å². The summed E-state index contributed by atoms with van der Waals surface area (Å²) in [4.78, 5) is 0. The number of hydrogen-bond donors (Lipinski definition) is 1. The zero-order valence-corrected chi connectivity index (χ0v) is 8.63. The normalized spacial score (nSPS) is 19.0. The van der Waals surface area contributed by atoms with E-state index in [9.17, 15) is 5.11 Å². The largest absolute Gasteiger partial charge is 0.396 e. The van der Waals surface area contributed by atoms with Crippen LogP contribution in [0.5, 0.6) is 0 Å². The van der Waals surface area contributed by atoms with Gasteiger partial charge in [-0.1, -0.05) is 23.7 Å². The fourth-order valence-corrected chi connectivity index (χ4v) is 1.80. The van der Waals surface area contributed by atoms with Gasteiger partial charge in [0.15, 0.2) is 0 Å². The summed E-state index contributed by atoms with van der Waals surface area (Å²) in [7, 11) is 0. The zero-order chi connectivity index (χ0) is 10.0. The summed E-state index contributed by atoms with van der Waals surface area (Å²) in [5.74, 6) is 0. The first-order valence-electron chi connectivity index (χ1n) is 4.67. The van der Waals surface area contributed by atoms with Crippen LogP contribution in [0.2, 0.25) is 5.02 Å². The summed E-state index contributed by atoms with van der Waals surface area (Å²) in [6.07, 6.45) is 0.862. The van der Waals surface area contributed by atoms with Gasteiger partial charge in [-0.2, -0.15) is 0 Å². The topological polar surface area (TPSA) is 29.5 Å². The van der Waals surface area contributed by atoms with Crippen molar-refractivity contribution >= 4 is 11.6 Å². The maximum atomic E-state index is 9.25. The van der Waals surface area contributed by atoms with Gasteiger partial charge in [-0.05, 0) is 24.1 Å². The number of ether oxygens (including phenoxy) is 1. The lowest BCUT2D eigenvalue weighted by molar-refractivity contribution is -0.136. The molecule has 1 N–H and O–H groups in total. The van der Waals surface area contributed by atoms with Gasteiger partial charge in [0.05, 0.1) is 19.8 Å². The number of rotatable bonds is 3. The van der Waals surface area contributed by atoms with Gasteiger partial charge in [-0.25, -0.2) is 0 Å². The SMILES string of the molecule is OCC1(Cc2ccc(Cl)cc2)COC1. The molecule has 14 heavy (non-hydrogen) atoms. The summed E-state index contributed by atoms with van der Waals surface area (Å²) in [6.45, 7) is 1.51. The maximum Gasteiger partial charge on any atom is 0.0570 e. The Balaban J connectivity index is 2.06.